The van der Waals surface area contributed by atoms with Gasteiger partial charge in [-0.15, -0.1) is 0 Å². The molecule has 2 rings (SSSR count). The summed E-state index contributed by atoms with van der Waals surface area (Å²) in [6.07, 6.45) is 0. The number of benzene rings is 1. The predicted octanol–water partition coefficient (Wildman–Crippen LogP) is 1.19. The molecule has 0 spiro atoms. The molecule has 0 aromatic heterocycles. The van der Waals surface area contributed by atoms with E-state index in [0.717, 1.165) is 11.4 Å². The number of hydrogen-bond acceptors (Lipinski definition) is 3. The average molecular weight is 136 g/mol. The zero-order valence-corrected chi connectivity index (χ0v) is 5.39. The number of aromatic hydroxyl groups is 1. The van der Waals surface area contributed by atoms with Gasteiger partial charge in [0.15, 0.2) is 0 Å². The van der Waals surface area contributed by atoms with E-state index in [0.29, 0.717) is 12.4 Å². The van der Waals surface area contributed by atoms with Crippen LogP contribution in [0.1, 0.15) is 0 Å². The van der Waals surface area contributed by atoms with Crippen molar-refractivity contribution >= 4 is 11.4 Å². The molecule has 0 aliphatic carbocycles. The standard InChI is InChI=1S/C7H8N2O/c10-6-3-1-2-5-7(6)9-4-8-5/h1-3,8-10H,4H2. The Balaban J connectivity index is 2.59. The van der Waals surface area contributed by atoms with Gasteiger partial charge in [0.2, 0.25) is 0 Å². The van der Waals surface area contributed by atoms with Gasteiger partial charge in [0.05, 0.1) is 12.4 Å². The first-order valence-electron chi connectivity index (χ1n) is 3.17. The van der Waals surface area contributed by atoms with Gasteiger partial charge in [0.25, 0.3) is 0 Å². The second-order valence-corrected chi connectivity index (χ2v) is 2.23. The SMILES string of the molecule is Oc1cccc2c1NCN2. The van der Waals surface area contributed by atoms with Gasteiger partial charge < -0.3 is 15.7 Å². The number of rotatable bonds is 0. The summed E-state index contributed by atoms with van der Waals surface area (Å²) in [6.45, 7) is 0.701. The van der Waals surface area contributed by atoms with Gasteiger partial charge in [-0.25, -0.2) is 0 Å². The Morgan fingerprint density at radius 1 is 1.30 bits per heavy atom. The monoisotopic (exact) mass is 136 g/mol. The minimum atomic E-state index is 0.308. The molecule has 1 aromatic rings. The zero-order valence-electron chi connectivity index (χ0n) is 5.39. The molecule has 0 amide bonds. The summed E-state index contributed by atoms with van der Waals surface area (Å²) in [4.78, 5) is 0. The number of anilines is 2. The molecule has 0 atom stereocenters. The van der Waals surface area contributed by atoms with Gasteiger partial charge in [-0.2, -0.15) is 0 Å². The fourth-order valence-corrected chi connectivity index (χ4v) is 1.10. The van der Waals surface area contributed by atoms with Crippen LogP contribution in [-0.2, 0) is 0 Å². The van der Waals surface area contributed by atoms with Crippen molar-refractivity contribution in [2.75, 3.05) is 17.3 Å². The first kappa shape index (κ1) is 5.41. The summed E-state index contributed by atoms with van der Waals surface area (Å²) in [5, 5.41) is 15.3. The number of para-hydroxylation sites is 1. The summed E-state index contributed by atoms with van der Waals surface area (Å²) in [5.41, 5.74) is 1.78. The molecule has 0 saturated heterocycles. The van der Waals surface area contributed by atoms with Crippen LogP contribution in [0.3, 0.4) is 0 Å². The number of phenols is 1. The van der Waals surface area contributed by atoms with Crippen molar-refractivity contribution in [2.24, 2.45) is 0 Å². The maximum atomic E-state index is 9.23. The fourth-order valence-electron chi connectivity index (χ4n) is 1.10. The molecule has 0 fully saturated rings. The molecule has 1 aromatic carbocycles. The normalized spacial score (nSPS) is 13.6. The van der Waals surface area contributed by atoms with Crippen molar-refractivity contribution in [3.05, 3.63) is 18.2 Å². The van der Waals surface area contributed by atoms with Crippen molar-refractivity contribution in [1.82, 2.24) is 0 Å². The molecule has 0 unspecified atom stereocenters. The van der Waals surface area contributed by atoms with E-state index in [1.54, 1.807) is 6.07 Å². The van der Waals surface area contributed by atoms with Crippen LogP contribution in [0.2, 0.25) is 0 Å². The van der Waals surface area contributed by atoms with Gasteiger partial charge in [-0.05, 0) is 12.1 Å². The first-order chi connectivity index (χ1) is 4.88. The van der Waals surface area contributed by atoms with Crippen LogP contribution in [0, 0.1) is 0 Å². The molecule has 3 heteroatoms. The summed E-state index contributed by atoms with van der Waals surface area (Å²) >= 11 is 0. The highest BCUT2D eigenvalue weighted by molar-refractivity contribution is 5.78. The van der Waals surface area contributed by atoms with Crippen LogP contribution < -0.4 is 10.6 Å². The molecule has 1 heterocycles. The van der Waals surface area contributed by atoms with E-state index >= 15 is 0 Å². The van der Waals surface area contributed by atoms with E-state index < -0.39 is 0 Å². The lowest BCUT2D eigenvalue weighted by atomic mass is 10.2. The smallest absolute Gasteiger partial charge is 0.140 e. The molecular formula is C7H8N2O. The van der Waals surface area contributed by atoms with Crippen molar-refractivity contribution in [3.63, 3.8) is 0 Å². The van der Waals surface area contributed by atoms with Crippen molar-refractivity contribution in [1.29, 1.82) is 0 Å². The molecule has 0 bridgehead atoms. The highest BCUT2D eigenvalue weighted by Gasteiger charge is 2.10. The van der Waals surface area contributed by atoms with E-state index in [2.05, 4.69) is 10.6 Å². The van der Waals surface area contributed by atoms with Crippen molar-refractivity contribution in [3.8, 4) is 5.75 Å². The highest BCUT2D eigenvalue weighted by Crippen LogP contribution is 2.33. The van der Waals surface area contributed by atoms with Crippen LogP contribution >= 0.6 is 0 Å². The molecule has 52 valence electrons. The Bertz CT molecular complexity index is 260. The second kappa shape index (κ2) is 1.80. The van der Waals surface area contributed by atoms with Crippen LogP contribution in [0.25, 0.3) is 0 Å². The summed E-state index contributed by atoms with van der Waals surface area (Å²) in [6, 6.07) is 5.40. The summed E-state index contributed by atoms with van der Waals surface area (Å²) in [5.74, 6) is 0.308. The molecule has 3 N–H and O–H groups in total. The van der Waals surface area contributed by atoms with Crippen LogP contribution in [0.15, 0.2) is 18.2 Å². The number of phenolic OH excluding ortho intramolecular Hbond substituents is 1. The number of nitrogens with one attached hydrogen (secondary N) is 2. The average Bonchev–Trinajstić information content (AvgIpc) is 2.36. The summed E-state index contributed by atoms with van der Waals surface area (Å²) in [7, 11) is 0. The lowest BCUT2D eigenvalue weighted by molar-refractivity contribution is 0.478. The Hall–Kier alpha value is -1.38. The Morgan fingerprint density at radius 2 is 2.20 bits per heavy atom. The molecule has 1 aliphatic heterocycles. The zero-order chi connectivity index (χ0) is 6.97. The third kappa shape index (κ3) is 0.603. The van der Waals surface area contributed by atoms with Gasteiger partial charge >= 0.3 is 0 Å². The Kier molecular flexibility index (Phi) is 0.974. The molecule has 3 nitrogen and oxygen atoms in total. The third-order valence-corrected chi connectivity index (χ3v) is 1.59. The van der Waals surface area contributed by atoms with Crippen molar-refractivity contribution in [2.45, 2.75) is 0 Å². The maximum absolute atomic E-state index is 9.23. The van der Waals surface area contributed by atoms with Gasteiger partial charge in [0.1, 0.15) is 11.4 Å². The quantitative estimate of drug-likeness (QED) is 0.469. The minimum absolute atomic E-state index is 0.308. The summed E-state index contributed by atoms with van der Waals surface area (Å²) < 4.78 is 0. The van der Waals surface area contributed by atoms with Crippen molar-refractivity contribution < 1.29 is 5.11 Å². The van der Waals surface area contributed by atoms with E-state index in [-0.39, 0.29) is 0 Å². The topological polar surface area (TPSA) is 44.3 Å². The molecule has 0 saturated carbocycles. The highest BCUT2D eigenvalue weighted by atomic mass is 16.3. The Labute approximate surface area is 58.7 Å². The van der Waals surface area contributed by atoms with E-state index in [1.165, 1.54) is 0 Å². The van der Waals surface area contributed by atoms with Crippen LogP contribution in [0.4, 0.5) is 11.4 Å². The van der Waals surface area contributed by atoms with Gasteiger partial charge in [0, 0.05) is 0 Å². The van der Waals surface area contributed by atoms with Gasteiger partial charge in [-0.1, -0.05) is 6.07 Å². The Morgan fingerprint density at radius 3 is 3.00 bits per heavy atom. The lowest BCUT2D eigenvalue weighted by Gasteiger charge is -1.98. The number of fused-ring (bicyclic) bond motifs is 1. The molecule has 1 aliphatic rings. The fraction of sp³-hybridized carbons (Fsp3) is 0.143. The molecular weight excluding hydrogens is 128 g/mol. The largest absolute Gasteiger partial charge is 0.506 e. The third-order valence-electron chi connectivity index (χ3n) is 1.59. The van der Waals surface area contributed by atoms with Gasteiger partial charge in [-0.3, -0.25) is 0 Å². The van der Waals surface area contributed by atoms with E-state index in [1.807, 2.05) is 12.1 Å². The first-order valence-corrected chi connectivity index (χ1v) is 3.17. The molecule has 0 radical (unpaired) electrons. The molecule has 10 heavy (non-hydrogen) atoms. The minimum Gasteiger partial charge on any atom is -0.506 e. The second-order valence-electron chi connectivity index (χ2n) is 2.23. The van der Waals surface area contributed by atoms with E-state index in [4.69, 9.17) is 0 Å². The lowest BCUT2D eigenvalue weighted by Crippen LogP contribution is -1.99. The van der Waals surface area contributed by atoms with Crippen LogP contribution in [0.5, 0.6) is 5.75 Å². The number of hydrogen-bond donors (Lipinski definition) is 3. The maximum Gasteiger partial charge on any atom is 0.140 e. The van der Waals surface area contributed by atoms with E-state index in [9.17, 15) is 5.11 Å². The predicted molar refractivity (Wildman–Crippen MR) is 40.2 cm³/mol. The van der Waals surface area contributed by atoms with Crippen LogP contribution in [-0.4, -0.2) is 11.8 Å².